The monoisotopic (exact) mass is 433 g/mol. The molecule has 3 aliphatic carbocycles. The third-order valence-corrected chi connectivity index (χ3v) is 8.40. The zero-order valence-corrected chi connectivity index (χ0v) is 19.1. The number of carbonyl (C=O) groups is 1. The van der Waals surface area contributed by atoms with E-state index >= 15 is 0 Å². The van der Waals surface area contributed by atoms with Crippen LogP contribution in [0.15, 0.2) is 42.7 Å². The molecule has 4 heteroatoms. The van der Waals surface area contributed by atoms with Gasteiger partial charge < -0.3 is 4.74 Å². The molecular weight excluding hydrogens is 401 g/mol. The summed E-state index contributed by atoms with van der Waals surface area (Å²) in [6.07, 6.45) is 12.3. The maximum Gasteiger partial charge on any atom is 0.162 e. The molecule has 0 bridgehead atoms. The number of allylic oxidation sites excluding steroid dienone is 2. The summed E-state index contributed by atoms with van der Waals surface area (Å²) in [6, 6.07) is 8.07. The zero-order chi connectivity index (χ0) is 22.3. The number of halogens is 1. The Hall–Kier alpha value is -2.33. The number of fused-ring (bicyclic) bond motifs is 5. The maximum atomic E-state index is 13.9. The lowest BCUT2D eigenvalue weighted by molar-refractivity contribution is 0.0884. The van der Waals surface area contributed by atoms with Crippen LogP contribution in [0, 0.1) is 23.1 Å². The van der Waals surface area contributed by atoms with Crippen molar-refractivity contribution in [1.82, 2.24) is 4.98 Å². The molecule has 0 amide bonds. The highest BCUT2D eigenvalue weighted by atomic mass is 19.1. The predicted octanol–water partition coefficient (Wildman–Crippen LogP) is 6.38. The number of ether oxygens (including phenoxy) is 1. The molecular formula is C28H32FNO2. The molecule has 3 aliphatic rings. The van der Waals surface area contributed by atoms with Gasteiger partial charge in [-0.1, -0.05) is 25.1 Å². The molecule has 0 N–H and O–H groups in total. The summed E-state index contributed by atoms with van der Waals surface area (Å²) in [6.45, 7) is 3.01. The third kappa shape index (κ3) is 3.63. The first kappa shape index (κ1) is 21.5. The number of benzene rings is 1. The van der Waals surface area contributed by atoms with Crippen molar-refractivity contribution in [2.45, 2.75) is 57.8 Å². The molecule has 1 aromatic heterocycles. The van der Waals surface area contributed by atoms with Gasteiger partial charge in [-0.15, -0.1) is 0 Å². The number of nitrogens with zero attached hydrogens (tertiary/aromatic N) is 1. The molecule has 0 saturated heterocycles. The van der Waals surface area contributed by atoms with Crippen molar-refractivity contribution in [2.75, 3.05) is 13.7 Å². The van der Waals surface area contributed by atoms with Crippen LogP contribution >= 0.6 is 0 Å². The molecule has 1 saturated carbocycles. The first-order valence-corrected chi connectivity index (χ1v) is 12.0. The number of aromatic nitrogens is 1. The van der Waals surface area contributed by atoms with Gasteiger partial charge in [0.15, 0.2) is 5.78 Å². The summed E-state index contributed by atoms with van der Waals surface area (Å²) in [4.78, 5) is 16.7. The van der Waals surface area contributed by atoms with Crippen LogP contribution in [0.5, 0.6) is 0 Å². The van der Waals surface area contributed by atoms with Crippen molar-refractivity contribution >= 4 is 11.4 Å². The summed E-state index contributed by atoms with van der Waals surface area (Å²) >= 11 is 0. The first-order valence-electron chi connectivity index (χ1n) is 12.0. The van der Waals surface area contributed by atoms with E-state index < -0.39 is 0 Å². The summed E-state index contributed by atoms with van der Waals surface area (Å²) in [5, 5.41) is 0. The van der Waals surface area contributed by atoms with Crippen LogP contribution in [0.4, 0.5) is 4.39 Å². The SMILES string of the molecule is COCCCC(=O)c1ccc2c(c1)CC[C@@H]1[C@@H]2CC[C@]2(C)C(c3cncc(F)c3)=CC[C@@H]12. The van der Waals surface area contributed by atoms with E-state index in [0.717, 1.165) is 43.2 Å². The van der Waals surface area contributed by atoms with Gasteiger partial charge in [-0.2, -0.15) is 0 Å². The molecule has 2 aromatic rings. The number of hydrogen-bond donors (Lipinski definition) is 0. The molecule has 32 heavy (non-hydrogen) atoms. The van der Waals surface area contributed by atoms with Crippen LogP contribution in [0.2, 0.25) is 0 Å². The van der Waals surface area contributed by atoms with E-state index in [4.69, 9.17) is 4.74 Å². The van der Waals surface area contributed by atoms with Gasteiger partial charge in [0.25, 0.3) is 0 Å². The van der Waals surface area contributed by atoms with E-state index in [0.29, 0.717) is 30.8 Å². The Kier molecular flexibility index (Phi) is 5.75. The Labute approximate surface area is 190 Å². The smallest absolute Gasteiger partial charge is 0.162 e. The average molecular weight is 434 g/mol. The number of Topliss-reactive ketones (excluding diaryl/α,β-unsaturated/α-hetero) is 1. The lowest BCUT2D eigenvalue weighted by Crippen LogP contribution is -2.41. The van der Waals surface area contributed by atoms with E-state index in [9.17, 15) is 9.18 Å². The quantitative estimate of drug-likeness (QED) is 0.392. The van der Waals surface area contributed by atoms with Crippen LogP contribution in [-0.4, -0.2) is 24.5 Å². The van der Waals surface area contributed by atoms with Gasteiger partial charge >= 0.3 is 0 Å². The maximum absolute atomic E-state index is 13.9. The summed E-state index contributed by atoms with van der Waals surface area (Å²) in [7, 11) is 1.67. The highest BCUT2D eigenvalue weighted by molar-refractivity contribution is 5.96. The average Bonchev–Trinajstić information content (AvgIpc) is 3.16. The van der Waals surface area contributed by atoms with Gasteiger partial charge in [-0.05, 0) is 96.1 Å². The molecule has 3 nitrogen and oxygen atoms in total. The fourth-order valence-corrected chi connectivity index (χ4v) is 6.85. The molecule has 5 rings (SSSR count). The molecule has 1 aromatic carbocycles. The predicted molar refractivity (Wildman–Crippen MR) is 124 cm³/mol. The molecule has 0 radical (unpaired) electrons. The second-order valence-corrected chi connectivity index (χ2v) is 10.1. The Bertz CT molecular complexity index is 1060. The largest absolute Gasteiger partial charge is 0.385 e. The van der Waals surface area contributed by atoms with Gasteiger partial charge in [-0.25, -0.2) is 4.39 Å². The van der Waals surface area contributed by atoms with E-state index in [1.165, 1.54) is 29.3 Å². The van der Waals surface area contributed by atoms with Crippen molar-refractivity contribution in [1.29, 1.82) is 0 Å². The van der Waals surface area contributed by atoms with Gasteiger partial charge in [0.05, 0.1) is 6.20 Å². The van der Waals surface area contributed by atoms with Gasteiger partial charge in [0, 0.05) is 31.9 Å². The topological polar surface area (TPSA) is 39.2 Å². The minimum Gasteiger partial charge on any atom is -0.385 e. The Balaban J connectivity index is 1.36. The van der Waals surface area contributed by atoms with Crippen molar-refractivity contribution in [3.8, 4) is 0 Å². The second kappa shape index (κ2) is 8.55. The van der Waals surface area contributed by atoms with E-state index in [1.54, 1.807) is 13.2 Å². The normalized spacial score (nSPS) is 28.5. The lowest BCUT2D eigenvalue weighted by atomic mass is 9.54. The van der Waals surface area contributed by atoms with E-state index in [-0.39, 0.29) is 17.0 Å². The second-order valence-electron chi connectivity index (χ2n) is 10.1. The van der Waals surface area contributed by atoms with Crippen LogP contribution in [-0.2, 0) is 11.2 Å². The number of rotatable bonds is 6. The molecule has 4 atom stereocenters. The molecule has 168 valence electrons. The van der Waals surface area contributed by atoms with Gasteiger partial charge in [0.1, 0.15) is 5.82 Å². The van der Waals surface area contributed by atoms with Crippen LogP contribution in [0.1, 0.15) is 78.4 Å². The molecule has 0 spiro atoms. The van der Waals surface area contributed by atoms with E-state index in [1.807, 2.05) is 12.3 Å². The Morgan fingerprint density at radius 1 is 1.25 bits per heavy atom. The van der Waals surface area contributed by atoms with E-state index in [2.05, 4.69) is 30.1 Å². The number of carbonyl (C=O) groups excluding carboxylic acids is 1. The van der Waals surface area contributed by atoms with Crippen molar-refractivity contribution in [2.24, 2.45) is 17.3 Å². The highest BCUT2D eigenvalue weighted by Crippen LogP contribution is 2.63. The number of pyridine rings is 1. The number of methoxy groups -OCH3 is 1. The zero-order valence-electron chi connectivity index (χ0n) is 19.1. The van der Waals surface area contributed by atoms with Crippen molar-refractivity contribution in [3.05, 3.63) is 70.8 Å². The summed E-state index contributed by atoms with van der Waals surface area (Å²) in [5.74, 6) is 1.75. The van der Waals surface area contributed by atoms with Crippen molar-refractivity contribution < 1.29 is 13.9 Å². The van der Waals surface area contributed by atoms with Crippen LogP contribution < -0.4 is 0 Å². The molecule has 0 aliphatic heterocycles. The van der Waals surface area contributed by atoms with Gasteiger partial charge in [0.2, 0.25) is 0 Å². The fraction of sp³-hybridized carbons (Fsp3) is 0.500. The number of aryl methyl sites for hydroxylation is 1. The molecule has 1 fully saturated rings. The minimum atomic E-state index is -0.261. The van der Waals surface area contributed by atoms with Crippen LogP contribution in [0.25, 0.3) is 5.57 Å². The lowest BCUT2D eigenvalue weighted by Gasteiger charge is -2.50. The molecule has 1 heterocycles. The first-order chi connectivity index (χ1) is 15.5. The van der Waals surface area contributed by atoms with Crippen molar-refractivity contribution in [3.63, 3.8) is 0 Å². The fourth-order valence-electron chi connectivity index (χ4n) is 6.85. The number of ketones is 1. The summed E-state index contributed by atoms with van der Waals surface area (Å²) in [5.41, 5.74) is 6.00. The third-order valence-electron chi connectivity index (χ3n) is 8.40. The summed E-state index contributed by atoms with van der Waals surface area (Å²) < 4.78 is 18.9. The Morgan fingerprint density at radius 2 is 2.12 bits per heavy atom. The standard InChI is InChI=1S/C28H32FNO2/c1-28-12-11-23-22-7-6-19(27(31)4-3-13-32-2)14-18(22)5-8-24(23)26(28)10-9-25(28)20-15-21(29)17-30-16-20/h6-7,9,14-17,23-24,26H,3-5,8,10-13H2,1-2H3/t23-,24-,26+,28-/m1/s1. The van der Waals surface area contributed by atoms with Crippen LogP contribution in [0.3, 0.4) is 0 Å². The van der Waals surface area contributed by atoms with Gasteiger partial charge in [-0.3, -0.25) is 9.78 Å². The highest BCUT2D eigenvalue weighted by Gasteiger charge is 2.51. The minimum absolute atomic E-state index is 0.0887. The number of hydrogen-bond acceptors (Lipinski definition) is 3. The molecule has 0 unspecified atom stereocenters. The Morgan fingerprint density at radius 3 is 2.94 bits per heavy atom.